The SMILES string of the molecule is CNC(=O)c1ccc(NCC#Cc2cc(C(=O)N[C@H]3CCN(C4CCOC4)C[C@@H]3C)c3ncn(CC(F)(F)F)c3c2)c(OC)c1. The maximum Gasteiger partial charge on any atom is 0.406 e. The highest BCUT2D eigenvalue weighted by atomic mass is 19.4. The van der Waals surface area contributed by atoms with E-state index in [1.165, 1.54) is 20.2 Å². The molecule has 5 rings (SSSR count). The van der Waals surface area contributed by atoms with Crippen molar-refractivity contribution in [3.63, 3.8) is 0 Å². The van der Waals surface area contributed by atoms with Gasteiger partial charge in [-0.25, -0.2) is 4.98 Å². The normalized spacial score (nSPS) is 20.4. The molecule has 2 aromatic carbocycles. The van der Waals surface area contributed by atoms with Crippen LogP contribution in [0.1, 0.15) is 46.0 Å². The fraction of sp³-hybridized carbons (Fsp3) is 0.469. The average Bonchev–Trinajstić information content (AvgIpc) is 3.69. The van der Waals surface area contributed by atoms with E-state index in [4.69, 9.17) is 9.47 Å². The first kappa shape index (κ1) is 32.1. The van der Waals surface area contributed by atoms with Crippen molar-refractivity contribution in [2.75, 3.05) is 52.3 Å². The number of rotatable bonds is 8. The van der Waals surface area contributed by atoms with E-state index in [0.717, 1.165) is 50.0 Å². The minimum absolute atomic E-state index is 0.0907. The minimum Gasteiger partial charge on any atom is -0.495 e. The van der Waals surface area contributed by atoms with Gasteiger partial charge in [-0.1, -0.05) is 18.8 Å². The Morgan fingerprint density at radius 1 is 1.18 bits per heavy atom. The van der Waals surface area contributed by atoms with Crippen molar-refractivity contribution in [3.05, 3.63) is 53.3 Å². The Balaban J connectivity index is 1.35. The zero-order valence-corrected chi connectivity index (χ0v) is 25.5. The number of carbonyl (C=O) groups is 2. The third-order valence-electron chi connectivity index (χ3n) is 8.29. The third kappa shape index (κ3) is 7.69. The molecule has 240 valence electrons. The Kier molecular flexibility index (Phi) is 9.84. The fourth-order valence-corrected chi connectivity index (χ4v) is 5.92. The molecule has 0 saturated carbocycles. The van der Waals surface area contributed by atoms with Gasteiger partial charge in [0.2, 0.25) is 0 Å². The van der Waals surface area contributed by atoms with E-state index in [1.54, 1.807) is 24.3 Å². The molecule has 2 aliphatic heterocycles. The topological polar surface area (TPSA) is 110 Å². The average molecular weight is 627 g/mol. The molecule has 10 nitrogen and oxygen atoms in total. The Hall–Kier alpha value is -4.28. The summed E-state index contributed by atoms with van der Waals surface area (Å²) in [5.41, 5.74) is 1.96. The van der Waals surface area contributed by atoms with Gasteiger partial charge in [0.15, 0.2) is 0 Å². The highest BCUT2D eigenvalue weighted by Gasteiger charge is 2.33. The number of amides is 2. The summed E-state index contributed by atoms with van der Waals surface area (Å²) in [5.74, 6) is 5.92. The van der Waals surface area contributed by atoms with Crippen molar-refractivity contribution >= 4 is 28.5 Å². The van der Waals surface area contributed by atoms with Crippen LogP contribution in [0.25, 0.3) is 11.0 Å². The Morgan fingerprint density at radius 3 is 2.69 bits per heavy atom. The largest absolute Gasteiger partial charge is 0.495 e. The van der Waals surface area contributed by atoms with Crippen molar-refractivity contribution in [3.8, 4) is 17.6 Å². The maximum atomic E-state index is 13.6. The molecule has 3 atom stereocenters. The highest BCUT2D eigenvalue weighted by Crippen LogP contribution is 2.28. The number of carbonyl (C=O) groups excluding carboxylic acids is 2. The first-order valence-corrected chi connectivity index (χ1v) is 14.9. The second-order valence-electron chi connectivity index (χ2n) is 11.4. The van der Waals surface area contributed by atoms with Crippen molar-refractivity contribution in [1.29, 1.82) is 0 Å². The van der Waals surface area contributed by atoms with Gasteiger partial charge in [-0.15, -0.1) is 0 Å². The summed E-state index contributed by atoms with van der Waals surface area (Å²) in [6.07, 6.45) is -1.61. The number of nitrogens with one attached hydrogen (secondary N) is 3. The lowest BCUT2D eigenvalue weighted by Crippen LogP contribution is -2.52. The molecule has 3 heterocycles. The number of piperidine rings is 1. The van der Waals surface area contributed by atoms with Crippen LogP contribution in [0, 0.1) is 17.8 Å². The lowest BCUT2D eigenvalue weighted by molar-refractivity contribution is -0.139. The summed E-state index contributed by atoms with van der Waals surface area (Å²) in [6, 6.07) is 8.34. The number of benzene rings is 2. The second-order valence-corrected chi connectivity index (χ2v) is 11.4. The second kappa shape index (κ2) is 13.8. The third-order valence-corrected chi connectivity index (χ3v) is 8.29. The van der Waals surface area contributed by atoms with Crippen LogP contribution in [-0.4, -0.2) is 91.5 Å². The van der Waals surface area contributed by atoms with Crippen LogP contribution in [-0.2, 0) is 11.3 Å². The van der Waals surface area contributed by atoms with E-state index in [9.17, 15) is 22.8 Å². The van der Waals surface area contributed by atoms with Crippen molar-refractivity contribution < 1.29 is 32.2 Å². The number of hydrogen-bond donors (Lipinski definition) is 3. The Bertz CT molecular complexity index is 1610. The molecule has 1 unspecified atom stereocenters. The zero-order chi connectivity index (χ0) is 32.1. The standard InChI is InChI=1S/C32H37F3N6O4/c1-20-16-40(23-9-12-45-17-23)11-8-25(20)39-31(43)24-13-21(14-27-29(24)38-19-41(27)18-32(33,34)35)5-4-10-37-26-7-6-22(30(42)36-2)15-28(26)44-3/h6-7,13-15,19-20,23,25,37H,8-12,16-18H2,1-3H3,(H,36,42)(H,39,43)/t20-,23?,25-/m0/s1. The molecule has 2 aliphatic rings. The molecule has 3 aromatic rings. The number of alkyl halides is 3. The number of methoxy groups -OCH3 is 1. The number of nitrogens with zero attached hydrogens (tertiary/aromatic N) is 3. The molecule has 3 N–H and O–H groups in total. The fourth-order valence-electron chi connectivity index (χ4n) is 5.92. The Labute approximate surface area is 259 Å². The molecule has 13 heteroatoms. The number of hydrogen-bond acceptors (Lipinski definition) is 7. The predicted molar refractivity (Wildman–Crippen MR) is 163 cm³/mol. The molecule has 2 fully saturated rings. The van der Waals surface area contributed by atoms with Crippen LogP contribution in [0.3, 0.4) is 0 Å². The molecular weight excluding hydrogens is 589 g/mol. The summed E-state index contributed by atoms with van der Waals surface area (Å²) < 4.78 is 52.0. The van der Waals surface area contributed by atoms with Crippen LogP contribution in [0.2, 0.25) is 0 Å². The molecule has 2 amide bonds. The van der Waals surface area contributed by atoms with Crippen LogP contribution in [0.4, 0.5) is 18.9 Å². The van der Waals surface area contributed by atoms with Gasteiger partial charge in [0.25, 0.3) is 11.8 Å². The molecule has 1 aromatic heterocycles. The van der Waals surface area contributed by atoms with Gasteiger partial charge in [-0.3, -0.25) is 14.5 Å². The zero-order valence-electron chi connectivity index (χ0n) is 25.5. The van der Waals surface area contributed by atoms with E-state index < -0.39 is 18.6 Å². The van der Waals surface area contributed by atoms with E-state index in [2.05, 4.69) is 44.6 Å². The highest BCUT2D eigenvalue weighted by molar-refractivity contribution is 6.05. The Morgan fingerprint density at radius 2 is 2.00 bits per heavy atom. The van der Waals surface area contributed by atoms with Gasteiger partial charge >= 0.3 is 6.18 Å². The lowest BCUT2D eigenvalue weighted by atomic mass is 9.92. The molecule has 45 heavy (non-hydrogen) atoms. The summed E-state index contributed by atoms with van der Waals surface area (Å²) in [6.45, 7) is 4.17. The predicted octanol–water partition coefficient (Wildman–Crippen LogP) is 3.66. The summed E-state index contributed by atoms with van der Waals surface area (Å²) in [4.78, 5) is 32.2. The summed E-state index contributed by atoms with van der Waals surface area (Å²) >= 11 is 0. The number of likely N-dealkylation sites (tertiary alicyclic amines) is 1. The number of fused-ring (bicyclic) bond motifs is 1. The van der Waals surface area contributed by atoms with Gasteiger partial charge in [-0.05, 0) is 49.1 Å². The molecular formula is C32H37F3N6O4. The monoisotopic (exact) mass is 626 g/mol. The number of imidazole rings is 1. The van der Waals surface area contributed by atoms with Crippen molar-refractivity contribution in [2.45, 2.75) is 44.6 Å². The number of halogens is 3. The molecule has 0 aliphatic carbocycles. The van der Waals surface area contributed by atoms with Crippen molar-refractivity contribution in [1.82, 2.24) is 25.1 Å². The first-order valence-electron chi connectivity index (χ1n) is 14.9. The van der Waals surface area contributed by atoms with Crippen LogP contribution in [0.15, 0.2) is 36.7 Å². The van der Waals surface area contributed by atoms with E-state index in [-0.39, 0.29) is 41.0 Å². The molecule has 0 bridgehead atoms. The van der Waals surface area contributed by atoms with Gasteiger partial charge in [-0.2, -0.15) is 13.2 Å². The summed E-state index contributed by atoms with van der Waals surface area (Å²) in [7, 11) is 3.02. The number of ether oxygens (including phenoxy) is 2. The number of aromatic nitrogens is 2. The first-order chi connectivity index (χ1) is 21.6. The maximum absolute atomic E-state index is 13.6. The quantitative estimate of drug-likeness (QED) is 0.328. The van der Waals surface area contributed by atoms with Gasteiger partial charge in [0, 0.05) is 50.0 Å². The molecule has 0 spiro atoms. The summed E-state index contributed by atoms with van der Waals surface area (Å²) in [5, 5.41) is 8.80. The smallest absolute Gasteiger partial charge is 0.406 e. The van der Waals surface area contributed by atoms with Crippen LogP contribution < -0.4 is 20.7 Å². The molecule has 0 radical (unpaired) electrons. The van der Waals surface area contributed by atoms with E-state index >= 15 is 0 Å². The van der Waals surface area contributed by atoms with E-state index in [0.29, 0.717) is 28.6 Å². The van der Waals surface area contributed by atoms with Gasteiger partial charge in [0.05, 0.1) is 43.4 Å². The van der Waals surface area contributed by atoms with E-state index in [1.807, 2.05) is 0 Å². The van der Waals surface area contributed by atoms with Crippen LogP contribution >= 0.6 is 0 Å². The van der Waals surface area contributed by atoms with Gasteiger partial charge in [0.1, 0.15) is 17.8 Å². The van der Waals surface area contributed by atoms with Crippen LogP contribution in [0.5, 0.6) is 5.75 Å². The molecule has 2 saturated heterocycles. The lowest BCUT2D eigenvalue weighted by Gasteiger charge is -2.39. The van der Waals surface area contributed by atoms with Gasteiger partial charge < -0.3 is 30.0 Å². The minimum atomic E-state index is -4.47. The number of anilines is 1. The van der Waals surface area contributed by atoms with Crippen molar-refractivity contribution in [2.24, 2.45) is 5.92 Å².